The van der Waals surface area contributed by atoms with Crippen LogP contribution in [0.1, 0.15) is 39.6 Å². The highest BCUT2D eigenvalue weighted by Crippen LogP contribution is 2.14. The van der Waals surface area contributed by atoms with Gasteiger partial charge in [0.05, 0.1) is 0 Å². The zero-order valence-corrected chi connectivity index (χ0v) is 17.5. The molecule has 0 aliphatic carbocycles. The number of aromatic nitrogens is 2. The van der Waals surface area contributed by atoms with Gasteiger partial charge in [-0.15, -0.1) is 10.2 Å². The number of ether oxygens (including phenoxy) is 1. The predicted octanol–water partition coefficient (Wildman–Crippen LogP) is 2.22. The van der Waals surface area contributed by atoms with Crippen LogP contribution in [0.4, 0.5) is 5.69 Å². The second-order valence-electron chi connectivity index (χ2n) is 7.07. The maximum absolute atomic E-state index is 12.2. The molecule has 2 N–H and O–H groups in total. The number of anilines is 1. The second-order valence-corrected chi connectivity index (χ2v) is 8.13. The van der Waals surface area contributed by atoms with Crippen molar-refractivity contribution in [2.75, 3.05) is 38.1 Å². The van der Waals surface area contributed by atoms with Gasteiger partial charge in [-0.2, -0.15) is 0 Å². The third kappa shape index (κ3) is 7.19. The summed E-state index contributed by atoms with van der Waals surface area (Å²) < 4.78 is 5.40. The predicted molar refractivity (Wildman–Crippen MR) is 112 cm³/mol. The Morgan fingerprint density at radius 3 is 2.66 bits per heavy atom. The molecule has 0 bridgehead atoms. The number of aryl methyl sites for hydroxylation is 1. The standard InChI is InChI=1S/C20H27N5O3S/c1-15-5-7-16(8-6-15)22-19(27)20-24-23-18(29-20)14-28-13-17(26)21-9-12-25-10-3-2-4-11-25/h5-8H,2-4,9-14H2,1H3,(H,21,26)(H,22,27). The summed E-state index contributed by atoms with van der Waals surface area (Å²) >= 11 is 1.15. The zero-order chi connectivity index (χ0) is 20.5. The number of carbonyl (C=O) groups excluding carboxylic acids is 2. The Hall–Kier alpha value is -2.36. The van der Waals surface area contributed by atoms with Crippen LogP contribution in [0.25, 0.3) is 0 Å². The molecule has 1 fully saturated rings. The molecule has 1 aliphatic rings. The summed E-state index contributed by atoms with van der Waals surface area (Å²) in [5, 5.41) is 14.3. The number of nitrogens with one attached hydrogen (secondary N) is 2. The summed E-state index contributed by atoms with van der Waals surface area (Å²) in [7, 11) is 0. The van der Waals surface area contributed by atoms with Crippen molar-refractivity contribution >= 4 is 28.8 Å². The lowest BCUT2D eigenvalue weighted by Gasteiger charge is -2.26. The van der Waals surface area contributed by atoms with E-state index in [2.05, 4.69) is 25.7 Å². The summed E-state index contributed by atoms with van der Waals surface area (Å²) in [6, 6.07) is 7.52. The number of hydrogen-bond donors (Lipinski definition) is 2. The highest BCUT2D eigenvalue weighted by molar-refractivity contribution is 7.13. The van der Waals surface area contributed by atoms with Gasteiger partial charge >= 0.3 is 0 Å². The zero-order valence-electron chi connectivity index (χ0n) is 16.6. The van der Waals surface area contributed by atoms with Crippen LogP contribution in [-0.4, -0.2) is 59.7 Å². The minimum atomic E-state index is -0.312. The van der Waals surface area contributed by atoms with Crippen molar-refractivity contribution in [2.45, 2.75) is 32.8 Å². The summed E-state index contributed by atoms with van der Waals surface area (Å²) in [5.41, 5.74) is 1.82. The van der Waals surface area contributed by atoms with Crippen LogP contribution in [-0.2, 0) is 16.1 Å². The molecular formula is C20H27N5O3S. The first-order chi connectivity index (χ1) is 14.1. The van der Waals surface area contributed by atoms with Gasteiger partial charge < -0.3 is 20.3 Å². The van der Waals surface area contributed by atoms with Crippen molar-refractivity contribution in [3.05, 3.63) is 39.8 Å². The fraction of sp³-hybridized carbons (Fsp3) is 0.500. The molecule has 2 amide bonds. The maximum atomic E-state index is 12.2. The molecule has 156 valence electrons. The quantitative estimate of drug-likeness (QED) is 0.649. The number of likely N-dealkylation sites (tertiary alicyclic amines) is 1. The molecule has 1 aromatic carbocycles. The van der Waals surface area contributed by atoms with Gasteiger partial charge in [-0.25, -0.2) is 0 Å². The third-order valence-corrected chi connectivity index (χ3v) is 5.52. The van der Waals surface area contributed by atoms with Gasteiger partial charge in [-0.3, -0.25) is 9.59 Å². The van der Waals surface area contributed by atoms with Crippen LogP contribution in [0.3, 0.4) is 0 Å². The van der Waals surface area contributed by atoms with Gasteiger partial charge in [0.1, 0.15) is 18.2 Å². The number of amides is 2. The van der Waals surface area contributed by atoms with E-state index in [0.717, 1.165) is 36.5 Å². The Labute approximate surface area is 174 Å². The average Bonchev–Trinajstić information content (AvgIpc) is 3.20. The lowest BCUT2D eigenvalue weighted by atomic mass is 10.1. The van der Waals surface area contributed by atoms with Crippen LogP contribution in [0, 0.1) is 6.92 Å². The summed E-state index contributed by atoms with van der Waals surface area (Å²) in [6.07, 6.45) is 3.78. The molecule has 2 aromatic rings. The molecular weight excluding hydrogens is 390 g/mol. The van der Waals surface area contributed by atoms with Gasteiger partial charge in [-0.05, 0) is 45.0 Å². The van der Waals surface area contributed by atoms with Crippen LogP contribution in [0.15, 0.2) is 24.3 Å². The van der Waals surface area contributed by atoms with Gasteiger partial charge in [0.2, 0.25) is 10.9 Å². The summed E-state index contributed by atoms with van der Waals surface area (Å²) in [5.74, 6) is -0.461. The van der Waals surface area contributed by atoms with Gasteiger partial charge in [0.15, 0.2) is 0 Å². The van der Waals surface area contributed by atoms with Crippen molar-refractivity contribution in [1.82, 2.24) is 20.4 Å². The molecule has 3 rings (SSSR count). The number of piperidine rings is 1. The largest absolute Gasteiger partial charge is 0.364 e. The monoisotopic (exact) mass is 417 g/mol. The van der Waals surface area contributed by atoms with Gasteiger partial charge in [0, 0.05) is 18.8 Å². The Morgan fingerprint density at radius 2 is 1.90 bits per heavy atom. The SMILES string of the molecule is Cc1ccc(NC(=O)c2nnc(COCC(=O)NCCN3CCCCC3)s2)cc1. The lowest BCUT2D eigenvalue weighted by Crippen LogP contribution is -2.38. The molecule has 1 saturated heterocycles. The van der Waals surface area contributed by atoms with Crippen LogP contribution in [0.5, 0.6) is 0 Å². The van der Waals surface area contributed by atoms with Crippen LogP contribution < -0.4 is 10.6 Å². The van der Waals surface area contributed by atoms with Crippen LogP contribution >= 0.6 is 11.3 Å². The van der Waals surface area contributed by atoms with Crippen molar-refractivity contribution in [1.29, 1.82) is 0 Å². The number of hydrogen-bond acceptors (Lipinski definition) is 7. The Bertz CT molecular complexity index is 803. The molecule has 0 unspecified atom stereocenters. The normalized spacial score (nSPS) is 14.5. The second kappa shape index (κ2) is 11.0. The van der Waals surface area contributed by atoms with Crippen molar-refractivity contribution in [3.8, 4) is 0 Å². The molecule has 0 radical (unpaired) electrons. The Morgan fingerprint density at radius 1 is 1.14 bits per heavy atom. The molecule has 9 heteroatoms. The van der Waals surface area contributed by atoms with E-state index in [0.29, 0.717) is 17.2 Å². The first kappa shape index (κ1) is 21.4. The third-order valence-electron chi connectivity index (χ3n) is 4.63. The molecule has 0 atom stereocenters. The molecule has 1 aliphatic heterocycles. The minimum absolute atomic E-state index is 0.0372. The fourth-order valence-corrected chi connectivity index (χ4v) is 3.72. The van der Waals surface area contributed by atoms with Crippen molar-refractivity contribution in [3.63, 3.8) is 0 Å². The fourth-order valence-electron chi connectivity index (χ4n) is 3.04. The first-order valence-electron chi connectivity index (χ1n) is 9.87. The van der Waals surface area contributed by atoms with Gasteiger partial charge in [0.25, 0.3) is 5.91 Å². The number of benzene rings is 1. The maximum Gasteiger partial charge on any atom is 0.286 e. The lowest BCUT2D eigenvalue weighted by molar-refractivity contribution is -0.126. The number of nitrogens with zero attached hydrogens (tertiary/aromatic N) is 3. The van der Waals surface area contributed by atoms with Crippen molar-refractivity contribution < 1.29 is 14.3 Å². The molecule has 29 heavy (non-hydrogen) atoms. The van der Waals surface area contributed by atoms with E-state index in [1.54, 1.807) is 0 Å². The summed E-state index contributed by atoms with van der Waals surface area (Å²) in [6.45, 7) is 5.83. The Kier molecular flexibility index (Phi) is 8.09. The van der Waals surface area contributed by atoms with E-state index in [-0.39, 0.29) is 30.0 Å². The van der Waals surface area contributed by atoms with Crippen LogP contribution in [0.2, 0.25) is 0 Å². The van der Waals surface area contributed by atoms with E-state index in [4.69, 9.17) is 4.74 Å². The van der Waals surface area contributed by atoms with E-state index in [1.807, 2.05) is 31.2 Å². The molecule has 1 aromatic heterocycles. The van der Waals surface area contributed by atoms with E-state index < -0.39 is 0 Å². The topological polar surface area (TPSA) is 96.5 Å². The molecule has 0 spiro atoms. The van der Waals surface area contributed by atoms with Crippen molar-refractivity contribution in [2.24, 2.45) is 0 Å². The summed E-state index contributed by atoms with van der Waals surface area (Å²) in [4.78, 5) is 26.5. The highest BCUT2D eigenvalue weighted by Gasteiger charge is 2.14. The number of carbonyl (C=O) groups is 2. The Balaban J connectivity index is 1.33. The number of rotatable bonds is 9. The van der Waals surface area contributed by atoms with Gasteiger partial charge in [-0.1, -0.05) is 35.5 Å². The molecule has 0 saturated carbocycles. The minimum Gasteiger partial charge on any atom is -0.364 e. The first-order valence-corrected chi connectivity index (χ1v) is 10.7. The van der Waals surface area contributed by atoms with E-state index >= 15 is 0 Å². The van der Waals surface area contributed by atoms with E-state index in [9.17, 15) is 9.59 Å². The van der Waals surface area contributed by atoms with E-state index in [1.165, 1.54) is 19.3 Å². The smallest absolute Gasteiger partial charge is 0.286 e. The molecule has 2 heterocycles. The average molecular weight is 418 g/mol. The highest BCUT2D eigenvalue weighted by atomic mass is 32.1. The molecule has 8 nitrogen and oxygen atoms in total.